The summed E-state index contributed by atoms with van der Waals surface area (Å²) in [5, 5.41) is 11.4. The van der Waals surface area contributed by atoms with Crippen molar-refractivity contribution in [3.05, 3.63) is 71.5 Å². The summed E-state index contributed by atoms with van der Waals surface area (Å²) in [6.45, 7) is 2.95. The predicted octanol–water partition coefficient (Wildman–Crippen LogP) is 2.62. The first-order chi connectivity index (χ1) is 15.1. The average Bonchev–Trinajstić information content (AvgIpc) is 3.21. The largest absolute Gasteiger partial charge is 0.497 e. The first-order valence-corrected chi connectivity index (χ1v) is 10.3. The SMILES string of the molecule is COc1cccc(-n2nnc(C(=O)N3CCC(NC(=O)c4ccccc4)CC3)c2C)c1. The second-order valence-electron chi connectivity index (χ2n) is 7.54. The van der Waals surface area contributed by atoms with Gasteiger partial charge in [-0.1, -0.05) is 29.5 Å². The topological polar surface area (TPSA) is 89.3 Å². The van der Waals surface area contributed by atoms with E-state index in [0.29, 0.717) is 48.6 Å². The molecule has 1 aliphatic rings. The van der Waals surface area contributed by atoms with Crippen molar-refractivity contribution in [1.82, 2.24) is 25.2 Å². The predicted molar refractivity (Wildman–Crippen MR) is 115 cm³/mol. The molecule has 8 heteroatoms. The average molecular weight is 419 g/mol. The normalized spacial score (nSPS) is 14.3. The molecule has 0 saturated carbocycles. The van der Waals surface area contributed by atoms with Crippen molar-refractivity contribution >= 4 is 11.8 Å². The van der Waals surface area contributed by atoms with Crippen LogP contribution in [0.15, 0.2) is 54.6 Å². The van der Waals surface area contributed by atoms with E-state index in [1.54, 1.807) is 28.8 Å². The number of carbonyl (C=O) groups is 2. The minimum absolute atomic E-state index is 0.0466. The first-order valence-electron chi connectivity index (χ1n) is 10.3. The van der Waals surface area contributed by atoms with Crippen LogP contribution in [0.2, 0.25) is 0 Å². The van der Waals surface area contributed by atoms with Crippen molar-refractivity contribution < 1.29 is 14.3 Å². The first kappa shape index (κ1) is 20.6. The number of nitrogens with zero attached hydrogens (tertiary/aromatic N) is 4. The van der Waals surface area contributed by atoms with Crippen molar-refractivity contribution in [1.29, 1.82) is 0 Å². The fourth-order valence-electron chi connectivity index (χ4n) is 3.75. The monoisotopic (exact) mass is 419 g/mol. The number of ether oxygens (including phenoxy) is 1. The molecule has 160 valence electrons. The molecule has 1 fully saturated rings. The lowest BCUT2D eigenvalue weighted by Gasteiger charge is -2.32. The van der Waals surface area contributed by atoms with Gasteiger partial charge >= 0.3 is 0 Å². The van der Waals surface area contributed by atoms with Gasteiger partial charge in [0.25, 0.3) is 11.8 Å². The summed E-state index contributed by atoms with van der Waals surface area (Å²) in [4.78, 5) is 27.2. The number of hydrogen-bond acceptors (Lipinski definition) is 5. The Morgan fingerprint density at radius 1 is 1.06 bits per heavy atom. The molecule has 31 heavy (non-hydrogen) atoms. The molecule has 8 nitrogen and oxygen atoms in total. The van der Waals surface area contributed by atoms with E-state index in [2.05, 4.69) is 15.6 Å². The Morgan fingerprint density at radius 2 is 1.81 bits per heavy atom. The second-order valence-corrected chi connectivity index (χ2v) is 7.54. The number of nitrogens with one attached hydrogen (secondary N) is 1. The van der Waals surface area contributed by atoms with Crippen LogP contribution >= 0.6 is 0 Å². The molecule has 3 aromatic rings. The zero-order chi connectivity index (χ0) is 21.8. The van der Waals surface area contributed by atoms with E-state index in [1.807, 2.05) is 49.4 Å². The highest BCUT2D eigenvalue weighted by atomic mass is 16.5. The summed E-state index contributed by atoms with van der Waals surface area (Å²) in [7, 11) is 1.61. The van der Waals surface area contributed by atoms with E-state index >= 15 is 0 Å². The number of methoxy groups -OCH3 is 1. The minimum Gasteiger partial charge on any atom is -0.497 e. The van der Waals surface area contributed by atoms with Gasteiger partial charge in [0.1, 0.15) is 5.75 Å². The molecule has 4 rings (SSSR count). The van der Waals surface area contributed by atoms with Gasteiger partial charge in [0.05, 0.1) is 18.5 Å². The maximum absolute atomic E-state index is 13.0. The molecule has 1 N–H and O–H groups in total. The third-order valence-corrected chi connectivity index (χ3v) is 5.55. The fourth-order valence-corrected chi connectivity index (χ4v) is 3.75. The quantitative estimate of drug-likeness (QED) is 0.687. The zero-order valence-electron chi connectivity index (χ0n) is 17.6. The van der Waals surface area contributed by atoms with Crippen LogP contribution in [-0.2, 0) is 0 Å². The lowest BCUT2D eigenvalue weighted by atomic mass is 10.0. The van der Waals surface area contributed by atoms with E-state index in [-0.39, 0.29) is 17.9 Å². The molecule has 2 aromatic carbocycles. The van der Waals surface area contributed by atoms with E-state index in [0.717, 1.165) is 5.69 Å². The molecule has 2 heterocycles. The standard InChI is InChI=1S/C23H25N5O3/c1-16-21(25-26-28(16)19-9-6-10-20(15-19)31-2)23(30)27-13-11-18(12-14-27)24-22(29)17-7-4-3-5-8-17/h3-10,15,18H,11-14H2,1-2H3,(H,24,29). The van der Waals surface area contributed by atoms with Crippen molar-refractivity contribution in [3.8, 4) is 11.4 Å². The van der Waals surface area contributed by atoms with Crippen LogP contribution in [0.5, 0.6) is 5.75 Å². The Bertz CT molecular complexity index is 1070. The van der Waals surface area contributed by atoms with Gasteiger partial charge < -0.3 is 15.0 Å². The molecule has 0 aliphatic carbocycles. The molecule has 1 saturated heterocycles. The fraction of sp³-hybridized carbons (Fsp3) is 0.304. The van der Waals surface area contributed by atoms with E-state index < -0.39 is 0 Å². The summed E-state index contributed by atoms with van der Waals surface area (Å²) >= 11 is 0. The van der Waals surface area contributed by atoms with Gasteiger partial charge in [-0.3, -0.25) is 9.59 Å². The van der Waals surface area contributed by atoms with Crippen molar-refractivity contribution in [2.45, 2.75) is 25.8 Å². The van der Waals surface area contributed by atoms with Crippen molar-refractivity contribution in [3.63, 3.8) is 0 Å². The summed E-state index contributed by atoms with van der Waals surface area (Å²) in [6, 6.07) is 16.7. The highest BCUT2D eigenvalue weighted by Crippen LogP contribution is 2.20. The molecular formula is C23H25N5O3. The van der Waals surface area contributed by atoms with Crippen molar-refractivity contribution in [2.75, 3.05) is 20.2 Å². The van der Waals surface area contributed by atoms with Crippen LogP contribution in [0.25, 0.3) is 5.69 Å². The van der Waals surface area contributed by atoms with E-state index in [9.17, 15) is 9.59 Å². The molecule has 0 unspecified atom stereocenters. The smallest absolute Gasteiger partial charge is 0.276 e. The van der Waals surface area contributed by atoms with Crippen LogP contribution in [0.1, 0.15) is 39.4 Å². The maximum Gasteiger partial charge on any atom is 0.276 e. The van der Waals surface area contributed by atoms with Crippen molar-refractivity contribution in [2.24, 2.45) is 0 Å². The molecule has 0 spiro atoms. The zero-order valence-corrected chi connectivity index (χ0v) is 17.6. The number of likely N-dealkylation sites (tertiary alicyclic amines) is 1. The number of hydrogen-bond donors (Lipinski definition) is 1. The number of rotatable bonds is 5. The Morgan fingerprint density at radius 3 is 2.52 bits per heavy atom. The summed E-state index contributed by atoms with van der Waals surface area (Å²) in [5.74, 6) is 0.488. The Kier molecular flexibility index (Phi) is 5.97. The van der Waals surface area contributed by atoms with Gasteiger partial charge in [-0.15, -0.1) is 5.10 Å². The molecule has 0 radical (unpaired) electrons. The lowest BCUT2D eigenvalue weighted by molar-refractivity contribution is 0.0691. The summed E-state index contributed by atoms with van der Waals surface area (Å²) in [5.41, 5.74) is 2.45. The third kappa shape index (κ3) is 4.42. The number of aromatic nitrogens is 3. The van der Waals surface area contributed by atoms with E-state index in [1.165, 1.54) is 0 Å². The number of piperidine rings is 1. The van der Waals surface area contributed by atoms with E-state index in [4.69, 9.17) is 4.74 Å². The summed E-state index contributed by atoms with van der Waals surface area (Å²) in [6.07, 6.45) is 1.40. The van der Waals surface area contributed by atoms with Crippen LogP contribution < -0.4 is 10.1 Å². The van der Waals surface area contributed by atoms with Crippen LogP contribution in [0, 0.1) is 6.92 Å². The summed E-state index contributed by atoms with van der Waals surface area (Å²) < 4.78 is 6.91. The lowest BCUT2D eigenvalue weighted by Crippen LogP contribution is -2.46. The molecule has 1 aromatic heterocycles. The van der Waals surface area contributed by atoms with Crippen LogP contribution in [-0.4, -0.2) is 57.9 Å². The molecule has 2 amide bonds. The highest BCUT2D eigenvalue weighted by Gasteiger charge is 2.28. The Labute approximate surface area is 180 Å². The maximum atomic E-state index is 13.0. The van der Waals surface area contributed by atoms with Gasteiger partial charge in [0, 0.05) is 30.8 Å². The molecule has 1 aliphatic heterocycles. The van der Waals surface area contributed by atoms with Crippen LogP contribution in [0.4, 0.5) is 0 Å². The Hall–Kier alpha value is -3.68. The highest BCUT2D eigenvalue weighted by molar-refractivity contribution is 5.94. The Balaban J connectivity index is 1.39. The van der Waals surface area contributed by atoms with Gasteiger partial charge in [0.2, 0.25) is 0 Å². The number of benzene rings is 2. The molecular weight excluding hydrogens is 394 g/mol. The molecule has 0 bridgehead atoms. The van der Waals surface area contributed by atoms with Gasteiger partial charge in [-0.2, -0.15) is 0 Å². The number of amides is 2. The van der Waals surface area contributed by atoms with Gasteiger partial charge in [0.15, 0.2) is 5.69 Å². The number of carbonyl (C=O) groups excluding carboxylic acids is 2. The van der Waals surface area contributed by atoms with Gasteiger partial charge in [-0.05, 0) is 44.0 Å². The minimum atomic E-state index is -0.139. The van der Waals surface area contributed by atoms with Crippen LogP contribution in [0.3, 0.4) is 0 Å². The molecule has 0 atom stereocenters. The second kappa shape index (κ2) is 8.99. The van der Waals surface area contributed by atoms with Gasteiger partial charge in [-0.25, -0.2) is 4.68 Å². The third-order valence-electron chi connectivity index (χ3n) is 5.55.